The van der Waals surface area contributed by atoms with Gasteiger partial charge in [-0.3, -0.25) is 14.3 Å². The third-order valence-corrected chi connectivity index (χ3v) is 4.72. The predicted molar refractivity (Wildman–Crippen MR) is 108 cm³/mol. The predicted octanol–water partition coefficient (Wildman–Crippen LogP) is 3.19. The summed E-state index contributed by atoms with van der Waals surface area (Å²) < 4.78 is 1.31. The van der Waals surface area contributed by atoms with Crippen LogP contribution in [-0.4, -0.2) is 14.5 Å². The molecular weight excluding hydrogens is 364 g/mol. The minimum atomic E-state index is -0.536. The van der Waals surface area contributed by atoms with Gasteiger partial charge in [-0.2, -0.15) is 0 Å². The lowest BCUT2D eigenvalue weighted by atomic mass is 9.97. The van der Waals surface area contributed by atoms with Crippen LogP contribution in [0.5, 0.6) is 0 Å². The number of aromatic nitrogens is 3. The van der Waals surface area contributed by atoms with Gasteiger partial charge in [-0.05, 0) is 17.7 Å². The average molecular weight is 379 g/mol. The van der Waals surface area contributed by atoms with Crippen molar-refractivity contribution in [1.82, 2.24) is 14.5 Å². The summed E-state index contributed by atoms with van der Waals surface area (Å²) in [6.45, 7) is 0. The minimum Gasteiger partial charge on any atom is -0.396 e. The van der Waals surface area contributed by atoms with Gasteiger partial charge in [-0.25, -0.2) is 9.78 Å². The molecule has 0 radical (unpaired) electrons. The number of hydrogen-bond acceptors (Lipinski definition) is 4. The molecule has 0 atom stereocenters. The van der Waals surface area contributed by atoms with Crippen molar-refractivity contribution in [2.75, 3.05) is 5.73 Å². The first-order valence-electron chi connectivity index (χ1n) is 8.21. The maximum Gasteiger partial charge on any atom is 0.329 e. The number of H-pyrrole nitrogens is 1. The number of aromatic amines is 1. The van der Waals surface area contributed by atoms with Crippen LogP contribution in [0.25, 0.3) is 33.4 Å². The summed E-state index contributed by atoms with van der Waals surface area (Å²) in [4.78, 5) is 31.6. The molecule has 4 aromatic rings. The van der Waals surface area contributed by atoms with E-state index in [2.05, 4.69) is 9.97 Å². The standard InChI is InChI=1S/C20H15ClN4O2/c1-25-18-15(19(26)24-20(25)27)14(11-5-3-2-4-6-11)16(22)17(23-18)12-7-9-13(21)10-8-12/h2-10H,22H2,1H3,(H,24,26,27). The number of nitrogens with two attached hydrogens (primary N) is 1. The minimum absolute atomic E-state index is 0.266. The Morgan fingerprint density at radius 1 is 1.00 bits per heavy atom. The highest BCUT2D eigenvalue weighted by Gasteiger charge is 2.20. The molecule has 4 rings (SSSR count). The SMILES string of the molecule is Cn1c(=O)[nH]c(=O)c2c(-c3ccccc3)c(N)c(-c3ccc(Cl)cc3)nc21. The second-order valence-electron chi connectivity index (χ2n) is 6.14. The summed E-state index contributed by atoms with van der Waals surface area (Å²) in [5.41, 5.74) is 8.58. The van der Waals surface area contributed by atoms with Crippen LogP contribution in [0.3, 0.4) is 0 Å². The molecule has 0 bridgehead atoms. The van der Waals surface area contributed by atoms with Gasteiger partial charge in [0.25, 0.3) is 5.56 Å². The molecule has 0 aliphatic carbocycles. The Bertz CT molecular complexity index is 1280. The Kier molecular flexibility index (Phi) is 4.05. The summed E-state index contributed by atoms with van der Waals surface area (Å²) in [7, 11) is 1.56. The number of benzene rings is 2. The third-order valence-electron chi connectivity index (χ3n) is 4.47. The first-order chi connectivity index (χ1) is 13.0. The molecule has 7 heteroatoms. The van der Waals surface area contributed by atoms with Crippen molar-refractivity contribution in [3.05, 3.63) is 80.5 Å². The van der Waals surface area contributed by atoms with Crippen molar-refractivity contribution in [3.8, 4) is 22.4 Å². The van der Waals surface area contributed by atoms with Crippen molar-refractivity contribution in [1.29, 1.82) is 0 Å². The fourth-order valence-corrected chi connectivity index (χ4v) is 3.24. The van der Waals surface area contributed by atoms with Crippen LogP contribution < -0.4 is 17.0 Å². The second-order valence-corrected chi connectivity index (χ2v) is 6.58. The first kappa shape index (κ1) is 17.1. The molecule has 0 unspecified atom stereocenters. The lowest BCUT2D eigenvalue weighted by Crippen LogP contribution is -2.29. The molecule has 27 heavy (non-hydrogen) atoms. The maximum absolute atomic E-state index is 12.6. The number of halogens is 1. The van der Waals surface area contributed by atoms with E-state index in [-0.39, 0.29) is 11.0 Å². The van der Waals surface area contributed by atoms with Gasteiger partial charge >= 0.3 is 5.69 Å². The number of nitrogens with zero attached hydrogens (tertiary/aromatic N) is 2. The molecule has 2 aromatic carbocycles. The largest absolute Gasteiger partial charge is 0.396 e. The molecule has 0 fully saturated rings. The van der Waals surface area contributed by atoms with Crippen LogP contribution in [0.2, 0.25) is 5.02 Å². The molecule has 0 saturated heterocycles. The van der Waals surface area contributed by atoms with E-state index in [1.54, 1.807) is 31.3 Å². The molecule has 0 spiro atoms. The Hall–Kier alpha value is -3.38. The molecular formula is C20H15ClN4O2. The van der Waals surface area contributed by atoms with Crippen LogP contribution in [0.1, 0.15) is 0 Å². The maximum atomic E-state index is 12.6. The Balaban J connectivity index is 2.21. The van der Waals surface area contributed by atoms with E-state index in [9.17, 15) is 9.59 Å². The van der Waals surface area contributed by atoms with E-state index < -0.39 is 11.2 Å². The van der Waals surface area contributed by atoms with E-state index in [0.29, 0.717) is 22.0 Å². The first-order valence-corrected chi connectivity index (χ1v) is 8.59. The molecule has 0 aliphatic rings. The van der Waals surface area contributed by atoms with E-state index in [4.69, 9.17) is 17.3 Å². The molecule has 6 nitrogen and oxygen atoms in total. The Labute approximate surface area is 158 Å². The molecule has 2 heterocycles. The van der Waals surface area contributed by atoms with Gasteiger partial charge in [0.05, 0.1) is 16.8 Å². The van der Waals surface area contributed by atoms with E-state index >= 15 is 0 Å². The van der Waals surface area contributed by atoms with Crippen molar-refractivity contribution >= 4 is 28.3 Å². The number of pyridine rings is 1. The lowest BCUT2D eigenvalue weighted by molar-refractivity contribution is 0.830. The average Bonchev–Trinajstić information content (AvgIpc) is 2.67. The topological polar surface area (TPSA) is 93.8 Å². The van der Waals surface area contributed by atoms with Gasteiger partial charge < -0.3 is 5.73 Å². The fraction of sp³-hybridized carbons (Fsp3) is 0.0500. The molecule has 0 saturated carbocycles. The lowest BCUT2D eigenvalue weighted by Gasteiger charge is -2.15. The van der Waals surface area contributed by atoms with Crippen LogP contribution in [0.4, 0.5) is 5.69 Å². The smallest absolute Gasteiger partial charge is 0.329 e. The normalized spacial score (nSPS) is 11.0. The number of aryl methyl sites for hydroxylation is 1. The molecule has 2 aromatic heterocycles. The van der Waals surface area contributed by atoms with Gasteiger partial charge in [0.15, 0.2) is 5.65 Å². The van der Waals surface area contributed by atoms with E-state index in [0.717, 1.165) is 11.1 Å². The number of rotatable bonds is 2. The van der Waals surface area contributed by atoms with Crippen LogP contribution in [-0.2, 0) is 7.05 Å². The number of nitrogens with one attached hydrogen (secondary N) is 1. The highest BCUT2D eigenvalue weighted by molar-refractivity contribution is 6.30. The summed E-state index contributed by atoms with van der Waals surface area (Å²) in [5.74, 6) is 0. The van der Waals surface area contributed by atoms with Gasteiger partial charge in [-0.1, -0.05) is 54.1 Å². The summed E-state index contributed by atoms with van der Waals surface area (Å²) in [6.07, 6.45) is 0. The zero-order valence-electron chi connectivity index (χ0n) is 14.4. The highest BCUT2D eigenvalue weighted by Crippen LogP contribution is 2.37. The number of fused-ring (bicyclic) bond motifs is 1. The fourth-order valence-electron chi connectivity index (χ4n) is 3.12. The third kappa shape index (κ3) is 2.80. The van der Waals surface area contributed by atoms with Crippen molar-refractivity contribution in [2.24, 2.45) is 7.05 Å². The van der Waals surface area contributed by atoms with Crippen LogP contribution in [0, 0.1) is 0 Å². The Morgan fingerprint density at radius 3 is 2.33 bits per heavy atom. The van der Waals surface area contributed by atoms with E-state index in [1.165, 1.54) is 4.57 Å². The number of nitrogen functional groups attached to an aromatic ring is 1. The van der Waals surface area contributed by atoms with Crippen molar-refractivity contribution in [3.63, 3.8) is 0 Å². The zero-order valence-corrected chi connectivity index (χ0v) is 15.1. The quantitative estimate of drug-likeness (QED) is 0.560. The monoisotopic (exact) mass is 378 g/mol. The van der Waals surface area contributed by atoms with Crippen LogP contribution >= 0.6 is 11.6 Å². The van der Waals surface area contributed by atoms with Gasteiger partial charge in [0.1, 0.15) is 0 Å². The van der Waals surface area contributed by atoms with Gasteiger partial charge in [0.2, 0.25) is 0 Å². The van der Waals surface area contributed by atoms with Crippen molar-refractivity contribution < 1.29 is 0 Å². The zero-order chi connectivity index (χ0) is 19.1. The van der Waals surface area contributed by atoms with Gasteiger partial charge in [-0.15, -0.1) is 0 Å². The molecule has 134 valence electrons. The van der Waals surface area contributed by atoms with E-state index in [1.807, 2.05) is 30.3 Å². The molecule has 0 amide bonds. The van der Waals surface area contributed by atoms with Crippen LogP contribution in [0.15, 0.2) is 64.2 Å². The Morgan fingerprint density at radius 2 is 1.67 bits per heavy atom. The second kappa shape index (κ2) is 6.41. The van der Waals surface area contributed by atoms with Crippen molar-refractivity contribution in [2.45, 2.75) is 0 Å². The summed E-state index contributed by atoms with van der Waals surface area (Å²) in [5, 5.41) is 0.865. The van der Waals surface area contributed by atoms with Gasteiger partial charge in [0, 0.05) is 23.2 Å². The summed E-state index contributed by atoms with van der Waals surface area (Å²) in [6, 6.07) is 16.4. The number of anilines is 1. The molecule has 3 N–H and O–H groups in total. The highest BCUT2D eigenvalue weighted by atomic mass is 35.5. The molecule has 0 aliphatic heterocycles. The summed E-state index contributed by atoms with van der Waals surface area (Å²) >= 11 is 5.99. The number of hydrogen-bond donors (Lipinski definition) is 2.